The molecule has 568 valence electrons. The summed E-state index contributed by atoms with van der Waals surface area (Å²) in [6.45, 7) is 8.88. The smallest absolute Gasteiger partial charge is 0.166 e. The Morgan fingerprint density at radius 1 is 0.357 bits per heavy atom. The average molecular weight is 1490 g/mol. The van der Waals surface area contributed by atoms with Crippen molar-refractivity contribution in [2.24, 2.45) is 45.3 Å². The van der Waals surface area contributed by atoms with Crippen LogP contribution in [0.3, 0.4) is 0 Å². The second-order valence-electron chi connectivity index (χ2n) is 35.1. The minimum atomic E-state index is -0.326. The molecule has 6 fully saturated rings. The van der Waals surface area contributed by atoms with Crippen molar-refractivity contribution in [1.82, 2.24) is 19.9 Å². The van der Waals surface area contributed by atoms with E-state index in [4.69, 9.17) is 18.9 Å². The van der Waals surface area contributed by atoms with E-state index in [2.05, 4.69) is 108 Å². The summed E-state index contributed by atoms with van der Waals surface area (Å²) < 4.78 is 25.7. The molecule has 0 unspecified atom stereocenters. The van der Waals surface area contributed by atoms with Gasteiger partial charge in [0.1, 0.15) is 70.6 Å². The van der Waals surface area contributed by atoms with Gasteiger partial charge in [-0.15, -0.1) is 0 Å². The van der Waals surface area contributed by atoms with Gasteiger partial charge in [0.25, 0.3) is 0 Å². The van der Waals surface area contributed by atoms with Crippen molar-refractivity contribution in [1.29, 1.82) is 0 Å². The molecule has 0 spiro atoms. The molecule has 4 aromatic heterocycles. The van der Waals surface area contributed by atoms with Crippen molar-refractivity contribution in [3.05, 3.63) is 261 Å². The van der Waals surface area contributed by atoms with Gasteiger partial charge >= 0.3 is 0 Å². The molecule has 6 aromatic rings. The molecule has 0 N–H and O–H groups in total. The van der Waals surface area contributed by atoms with Gasteiger partial charge < -0.3 is 18.9 Å². The quantitative estimate of drug-likeness (QED) is 0.160. The third-order valence-electron chi connectivity index (χ3n) is 28.9. The van der Waals surface area contributed by atoms with E-state index in [1.807, 2.05) is 79.3 Å². The van der Waals surface area contributed by atoms with E-state index in [-0.39, 0.29) is 128 Å². The van der Waals surface area contributed by atoms with Gasteiger partial charge in [-0.1, -0.05) is 101 Å². The number of fused-ring (bicyclic) bond motifs is 14. The van der Waals surface area contributed by atoms with E-state index >= 15 is 0 Å². The predicted octanol–water partition coefficient (Wildman–Crippen LogP) is 17.4. The van der Waals surface area contributed by atoms with Gasteiger partial charge in [0.05, 0.1) is 34.1 Å². The van der Waals surface area contributed by atoms with Crippen LogP contribution in [-0.2, 0) is 57.3 Å². The lowest BCUT2D eigenvalue weighted by atomic mass is 9.61. The molecule has 8 heterocycles. The first-order valence-corrected chi connectivity index (χ1v) is 40.8. The van der Waals surface area contributed by atoms with Crippen LogP contribution in [0.2, 0.25) is 0 Å². The minimum Gasteiger partial charge on any atom is -0.489 e. The molecule has 0 radical (unpaired) electrons. The molecule has 2 aromatic carbocycles. The molecule has 12 aliphatic carbocycles. The van der Waals surface area contributed by atoms with Crippen molar-refractivity contribution < 1.29 is 57.3 Å². The first-order valence-electron chi connectivity index (χ1n) is 40.8. The Kier molecular flexibility index (Phi) is 17.8. The zero-order valence-corrected chi connectivity index (χ0v) is 63.9. The topological polar surface area (TPSA) is 225 Å². The Balaban J connectivity index is 0.000000101. The lowest BCUT2D eigenvalue weighted by Gasteiger charge is -2.47. The van der Waals surface area contributed by atoms with Crippen LogP contribution in [0.15, 0.2) is 239 Å². The van der Waals surface area contributed by atoms with Gasteiger partial charge in [-0.25, -0.2) is 0 Å². The number of rotatable bonds is 4. The Labute approximate surface area is 651 Å². The molecule has 16 nitrogen and oxygen atoms in total. The molecule has 4 aliphatic heterocycles. The number of carbonyl (C=O) groups excluding carboxylic acids is 8. The zero-order valence-electron chi connectivity index (χ0n) is 63.9. The summed E-state index contributed by atoms with van der Waals surface area (Å²) in [5, 5.41) is 4.37. The third-order valence-corrected chi connectivity index (χ3v) is 28.9. The van der Waals surface area contributed by atoms with E-state index in [1.165, 1.54) is 11.1 Å². The van der Waals surface area contributed by atoms with E-state index in [0.29, 0.717) is 62.9 Å². The molecule has 0 amide bonds. The standard InChI is InChI=1S/C26H23NO3.C26H25NO3.C22H23NO3.C22H21NO3/c1-26-10-8-15-12-19-21(28)6-3-7-23(19)30-25(15)20(26)13-22(29)24(26)18-5-2-4-16-14-27-11-9-17(16)18;1-26-9-7-17-12-19-21(28)3-2-4-23(19)30-25(17)20(26)13-22(29)24(26)16-5-6-18-14-27-10-8-15(18)11-16;2*1-22-8-7-13-10-15-17(24)5-2-6-19(15)26-21(13)16(22)11-18(25)20(22)14-4-3-9-23-12-14/h2,4-5,8-12,14,20,24-25H,3,6-7,13H2,1H3;5-6,8,10-12,14,20,24-25H,2-4,7,9,13H2,1H3;3-4,9-10,12,16,20-21H,2,5-8,11H2,1H3;3-4,7-10,12,16,20-21H,2,5-6,11H2,1H3/t2*20-,24-,25+,26-;2*16-,20-,21+,22-/m0000/s1. The van der Waals surface area contributed by atoms with Crippen LogP contribution < -0.4 is 0 Å². The van der Waals surface area contributed by atoms with Crippen LogP contribution in [0.25, 0.3) is 21.5 Å². The number of hydrogen-bond acceptors (Lipinski definition) is 16. The Morgan fingerprint density at radius 3 is 1.29 bits per heavy atom. The fraction of sp³-hybridized carbons (Fsp3) is 0.417. The number of benzene rings is 2. The van der Waals surface area contributed by atoms with Crippen molar-refractivity contribution >= 4 is 67.8 Å². The number of hydrogen-bond donors (Lipinski definition) is 0. The highest BCUT2D eigenvalue weighted by molar-refractivity contribution is 6.03. The lowest BCUT2D eigenvalue weighted by molar-refractivity contribution is -0.120. The summed E-state index contributed by atoms with van der Waals surface area (Å²) in [7, 11) is 0. The highest BCUT2D eigenvalue weighted by atomic mass is 16.5. The Hall–Kier alpha value is -10.5. The molecule has 22 rings (SSSR count). The molecular weight excluding hydrogens is 1400 g/mol. The largest absolute Gasteiger partial charge is 0.489 e. The molecule has 6 saturated carbocycles. The van der Waals surface area contributed by atoms with Crippen molar-refractivity contribution in [3.63, 3.8) is 0 Å². The maximum Gasteiger partial charge on any atom is 0.166 e. The average Bonchev–Trinajstić information content (AvgIpc) is 1.37. The molecular formula is C96H92N4O12. The fourth-order valence-corrected chi connectivity index (χ4v) is 23.2. The van der Waals surface area contributed by atoms with Gasteiger partial charge in [0.15, 0.2) is 23.1 Å². The van der Waals surface area contributed by atoms with Crippen LogP contribution >= 0.6 is 0 Å². The summed E-state index contributed by atoms with van der Waals surface area (Å²) in [6, 6.07) is 24.3. The first-order chi connectivity index (χ1) is 54.3. The maximum absolute atomic E-state index is 13.4. The Bertz CT molecular complexity index is 5430. The number of pyridine rings is 4. The van der Waals surface area contributed by atoms with Crippen molar-refractivity contribution in [2.75, 3.05) is 0 Å². The third kappa shape index (κ3) is 11.8. The Morgan fingerprint density at radius 2 is 0.786 bits per heavy atom. The number of ketones is 8. The SMILES string of the molecule is C[C@]12C=CC3=CC4=C(CCCC4=O)O[C@H]3[C@@H]1CC(=O)[C@@H]2c1cccc2cnccc12.C[C@]12C=CC3=CC4=C(CCCC4=O)O[C@H]3[C@@H]1CC(=O)[C@@H]2c1cccnc1.C[C@]12CCC3=CC4=C(CCCC4=O)O[C@H]3[C@@H]1CC(=O)[C@@H]2c1ccc2cnccc2c1.C[C@]12CCC3=CC4=C(CCCC4=O)O[C@H]3[C@@H]1CC(=O)[C@@H]2c1cccnc1. The maximum atomic E-state index is 13.4. The zero-order chi connectivity index (χ0) is 76.7. The summed E-state index contributed by atoms with van der Waals surface area (Å²) in [5.74, 6) is 5.15. The molecule has 0 saturated heterocycles. The summed E-state index contributed by atoms with van der Waals surface area (Å²) in [5.41, 5.74) is 10.9. The van der Waals surface area contributed by atoms with E-state index in [0.717, 1.165) is 177 Å². The van der Waals surface area contributed by atoms with Crippen LogP contribution in [-0.4, -0.2) is 90.6 Å². The normalized spacial score (nSPS) is 34.1. The van der Waals surface area contributed by atoms with Gasteiger partial charge in [0.2, 0.25) is 0 Å². The first kappa shape index (κ1) is 71.8. The van der Waals surface area contributed by atoms with Crippen molar-refractivity contribution in [2.45, 2.75) is 204 Å². The van der Waals surface area contributed by atoms with Crippen LogP contribution in [0, 0.1) is 45.3 Å². The number of nitrogens with zero attached hydrogens (tertiary/aromatic N) is 4. The van der Waals surface area contributed by atoms with Crippen molar-refractivity contribution in [3.8, 4) is 0 Å². The monoisotopic (exact) mass is 1490 g/mol. The highest BCUT2D eigenvalue weighted by Crippen LogP contribution is 2.65. The van der Waals surface area contributed by atoms with E-state index in [9.17, 15) is 38.4 Å². The molecule has 0 bridgehead atoms. The van der Waals surface area contributed by atoms with Crippen LogP contribution in [0.1, 0.15) is 202 Å². The van der Waals surface area contributed by atoms with Crippen LogP contribution in [0.4, 0.5) is 0 Å². The number of ether oxygens (including phenoxy) is 4. The second kappa shape index (κ2) is 27.7. The predicted molar refractivity (Wildman–Crippen MR) is 420 cm³/mol. The van der Waals surface area contributed by atoms with Crippen LogP contribution in [0.5, 0.6) is 0 Å². The molecule has 16 heteroatoms. The summed E-state index contributed by atoms with van der Waals surface area (Å²) in [6.07, 6.45) is 45.7. The summed E-state index contributed by atoms with van der Waals surface area (Å²) in [4.78, 5) is 119. The lowest BCUT2D eigenvalue weighted by Crippen LogP contribution is -2.43. The molecule has 16 aliphatic rings. The molecule has 16 atom stereocenters. The summed E-state index contributed by atoms with van der Waals surface area (Å²) >= 11 is 0. The second-order valence-corrected chi connectivity index (χ2v) is 35.1. The number of Topliss-reactive ketones (excluding diaryl/α,β-unsaturated/α-hetero) is 8. The minimum absolute atomic E-state index is 0.0518. The van der Waals surface area contributed by atoms with Gasteiger partial charge in [-0.05, 0) is 166 Å². The van der Waals surface area contributed by atoms with Gasteiger partial charge in [-0.3, -0.25) is 58.3 Å². The van der Waals surface area contributed by atoms with Gasteiger partial charge in [0, 0.05) is 184 Å². The fourth-order valence-electron chi connectivity index (χ4n) is 23.2. The highest BCUT2D eigenvalue weighted by Gasteiger charge is 2.63. The number of allylic oxidation sites excluding steroid dienone is 14. The molecule has 112 heavy (non-hydrogen) atoms. The van der Waals surface area contributed by atoms with Gasteiger partial charge in [-0.2, -0.15) is 0 Å². The van der Waals surface area contributed by atoms with E-state index in [1.54, 1.807) is 31.0 Å². The number of aromatic nitrogens is 4. The van der Waals surface area contributed by atoms with E-state index < -0.39 is 0 Å². The number of carbonyl (C=O) groups is 8.